The van der Waals surface area contributed by atoms with Crippen molar-refractivity contribution in [3.8, 4) is 0 Å². The summed E-state index contributed by atoms with van der Waals surface area (Å²) in [4.78, 5) is 13.5. The van der Waals surface area contributed by atoms with Gasteiger partial charge in [-0.15, -0.1) is 0 Å². The normalized spacial score (nSPS) is 25.0. The van der Waals surface area contributed by atoms with Crippen LogP contribution in [0.15, 0.2) is 21.3 Å². The molecule has 23 heavy (non-hydrogen) atoms. The van der Waals surface area contributed by atoms with E-state index in [0.717, 1.165) is 47.3 Å². The molecule has 124 valence electrons. The van der Waals surface area contributed by atoms with Crippen LogP contribution < -0.4 is 10.5 Å². The van der Waals surface area contributed by atoms with Crippen LogP contribution in [0.25, 0.3) is 11.0 Å². The third-order valence-corrected chi connectivity index (χ3v) is 4.86. The van der Waals surface area contributed by atoms with Gasteiger partial charge in [0.1, 0.15) is 37.4 Å². The third-order valence-electron chi connectivity index (χ3n) is 4.86. The summed E-state index contributed by atoms with van der Waals surface area (Å²) in [5.74, 6) is 0. The zero-order chi connectivity index (χ0) is 16.7. The minimum atomic E-state index is -0.255. The fourth-order valence-electron chi connectivity index (χ4n) is 3.86. The summed E-state index contributed by atoms with van der Waals surface area (Å²) >= 11 is 0. The Kier molecular flexibility index (Phi) is 4.30. The van der Waals surface area contributed by atoms with Crippen molar-refractivity contribution in [2.24, 2.45) is 0 Å². The van der Waals surface area contributed by atoms with Gasteiger partial charge < -0.3 is 14.1 Å². The van der Waals surface area contributed by atoms with E-state index in [1.165, 1.54) is 10.5 Å². The summed E-state index contributed by atoms with van der Waals surface area (Å²) < 4.78 is 11.4. The summed E-state index contributed by atoms with van der Waals surface area (Å²) in [5, 5.41) is 1.10. The van der Waals surface area contributed by atoms with Gasteiger partial charge in [-0.2, -0.15) is 0 Å². The van der Waals surface area contributed by atoms with Crippen molar-refractivity contribution in [2.75, 3.05) is 13.1 Å². The van der Waals surface area contributed by atoms with Gasteiger partial charge in [0.15, 0.2) is 0 Å². The van der Waals surface area contributed by atoms with Gasteiger partial charge in [0.2, 0.25) is 0 Å². The molecule has 0 unspecified atom stereocenters. The molecule has 4 heteroatoms. The minimum Gasteiger partial charge on any atom is -0.422 e. The number of benzene rings is 1. The predicted molar refractivity (Wildman–Crippen MR) is 91.1 cm³/mol. The molecule has 0 radical (unpaired) electrons. The fraction of sp³-hybridized carbons (Fsp3) is 0.526. The Bertz CT molecular complexity index is 783. The number of hydrogen-bond acceptors (Lipinski definition) is 3. The maximum atomic E-state index is 12.0. The summed E-state index contributed by atoms with van der Waals surface area (Å²) in [6.07, 6.45) is 0.510. The topological polar surface area (TPSA) is 43.9 Å². The van der Waals surface area contributed by atoms with Gasteiger partial charge in [0, 0.05) is 17.0 Å². The third kappa shape index (κ3) is 3.19. The Morgan fingerprint density at radius 3 is 2.39 bits per heavy atom. The molecule has 1 aliphatic heterocycles. The van der Waals surface area contributed by atoms with E-state index in [9.17, 15) is 4.79 Å². The van der Waals surface area contributed by atoms with Gasteiger partial charge in [-0.3, -0.25) is 0 Å². The Labute approximate surface area is 137 Å². The first-order chi connectivity index (χ1) is 10.8. The molecule has 2 heterocycles. The molecule has 1 N–H and O–H groups in total. The van der Waals surface area contributed by atoms with Crippen LogP contribution in [0.2, 0.25) is 0 Å². The second-order valence-electron chi connectivity index (χ2n) is 7.02. The number of nitrogens with one attached hydrogen (secondary N) is 1. The van der Waals surface area contributed by atoms with Crippen LogP contribution in [-0.4, -0.2) is 25.3 Å². The average molecular weight is 316 g/mol. The highest BCUT2D eigenvalue weighted by atomic mass is 16.5. The van der Waals surface area contributed by atoms with Crippen molar-refractivity contribution in [3.05, 3.63) is 44.8 Å². The van der Waals surface area contributed by atoms with Crippen LogP contribution in [0.5, 0.6) is 0 Å². The summed E-state index contributed by atoms with van der Waals surface area (Å²) in [6.45, 7) is 13.2. The lowest BCUT2D eigenvalue weighted by atomic mass is 9.97. The monoisotopic (exact) mass is 316 g/mol. The molecule has 1 aliphatic rings. The van der Waals surface area contributed by atoms with Crippen molar-refractivity contribution in [1.82, 2.24) is 0 Å². The molecule has 1 aromatic carbocycles. The second kappa shape index (κ2) is 6.10. The number of fused-ring (bicyclic) bond motifs is 1. The Morgan fingerprint density at radius 2 is 1.74 bits per heavy atom. The van der Waals surface area contributed by atoms with E-state index >= 15 is 0 Å². The first-order valence-electron chi connectivity index (χ1n) is 8.37. The van der Waals surface area contributed by atoms with E-state index in [0.29, 0.717) is 0 Å². The van der Waals surface area contributed by atoms with E-state index in [1.807, 2.05) is 6.92 Å². The number of morpholine rings is 1. The molecule has 4 nitrogen and oxygen atoms in total. The number of ether oxygens (including phenoxy) is 1. The molecule has 0 amide bonds. The van der Waals surface area contributed by atoms with Gasteiger partial charge in [0.25, 0.3) is 0 Å². The molecule has 1 saturated heterocycles. The van der Waals surface area contributed by atoms with Crippen LogP contribution >= 0.6 is 0 Å². The van der Waals surface area contributed by atoms with Crippen LogP contribution in [-0.2, 0) is 11.3 Å². The summed E-state index contributed by atoms with van der Waals surface area (Å²) in [7, 11) is 0. The molecular weight excluding hydrogens is 290 g/mol. The molecule has 2 aromatic rings. The highest BCUT2D eigenvalue weighted by molar-refractivity contribution is 5.87. The van der Waals surface area contributed by atoms with Crippen LogP contribution in [0.1, 0.15) is 36.1 Å². The maximum Gasteiger partial charge on any atom is 0.336 e. The number of hydrogen-bond donors (Lipinski definition) is 1. The van der Waals surface area contributed by atoms with Crippen molar-refractivity contribution < 1.29 is 14.1 Å². The maximum absolute atomic E-state index is 12.0. The van der Waals surface area contributed by atoms with Crippen molar-refractivity contribution >= 4 is 11.0 Å². The van der Waals surface area contributed by atoms with Gasteiger partial charge in [-0.05, 0) is 51.3 Å². The molecule has 0 bridgehead atoms. The Balaban J connectivity index is 2.07. The first kappa shape index (κ1) is 16.2. The van der Waals surface area contributed by atoms with Crippen LogP contribution in [0.3, 0.4) is 0 Å². The zero-order valence-electron chi connectivity index (χ0n) is 14.7. The molecule has 2 atom stereocenters. The van der Waals surface area contributed by atoms with Crippen molar-refractivity contribution in [3.63, 3.8) is 0 Å². The number of aryl methyl sites for hydroxylation is 3. The smallest absolute Gasteiger partial charge is 0.336 e. The fourth-order valence-corrected chi connectivity index (χ4v) is 3.86. The van der Waals surface area contributed by atoms with E-state index in [-0.39, 0.29) is 17.8 Å². The van der Waals surface area contributed by atoms with Gasteiger partial charge in [-0.1, -0.05) is 6.07 Å². The van der Waals surface area contributed by atoms with Crippen molar-refractivity contribution in [1.29, 1.82) is 0 Å². The van der Waals surface area contributed by atoms with E-state index < -0.39 is 0 Å². The van der Waals surface area contributed by atoms with Crippen molar-refractivity contribution in [2.45, 2.75) is 53.4 Å². The van der Waals surface area contributed by atoms with E-state index in [2.05, 4.69) is 33.8 Å². The van der Waals surface area contributed by atoms with Gasteiger partial charge >= 0.3 is 5.63 Å². The predicted octanol–water partition coefficient (Wildman–Crippen LogP) is 1.91. The number of rotatable bonds is 2. The van der Waals surface area contributed by atoms with Crippen LogP contribution in [0, 0.1) is 20.8 Å². The molecule has 1 aromatic heterocycles. The average Bonchev–Trinajstić information content (AvgIpc) is 2.43. The summed E-state index contributed by atoms with van der Waals surface area (Å²) in [6, 6.07) is 3.85. The lowest BCUT2D eigenvalue weighted by Gasteiger charge is -2.32. The first-order valence-corrected chi connectivity index (χ1v) is 8.37. The quantitative estimate of drug-likeness (QED) is 0.861. The molecule has 1 fully saturated rings. The highest BCUT2D eigenvalue weighted by Gasteiger charge is 2.26. The minimum absolute atomic E-state index is 0.255. The molecular formula is C19H26NO3+. The van der Waals surface area contributed by atoms with E-state index in [4.69, 9.17) is 9.15 Å². The number of quaternary nitrogens is 1. The van der Waals surface area contributed by atoms with Gasteiger partial charge in [0.05, 0.1) is 0 Å². The standard InChI is InChI=1S/C19H25NO3/c1-11-6-12(2)18-16(7-17(21)23-19(18)15(11)5)10-20-8-13(3)22-14(4)9-20/h6-7,13-14H,8-10H2,1-5H3/p+1/t13-,14-/m1/s1. The Morgan fingerprint density at radius 1 is 1.09 bits per heavy atom. The van der Waals surface area contributed by atoms with Gasteiger partial charge in [-0.25, -0.2) is 4.79 Å². The SMILES string of the molecule is Cc1cc(C)c2c(C[NH+]3C[C@@H](C)O[C@H](C)C3)cc(=O)oc2c1C. The highest BCUT2D eigenvalue weighted by Crippen LogP contribution is 2.26. The Hall–Kier alpha value is -1.65. The zero-order valence-corrected chi connectivity index (χ0v) is 14.7. The molecule has 3 rings (SSSR count). The molecule has 0 saturated carbocycles. The second-order valence-corrected chi connectivity index (χ2v) is 7.02. The summed E-state index contributed by atoms with van der Waals surface area (Å²) in [5.41, 5.74) is 4.98. The molecule has 0 spiro atoms. The lowest BCUT2D eigenvalue weighted by molar-refractivity contribution is -0.928. The van der Waals surface area contributed by atoms with Crippen LogP contribution in [0.4, 0.5) is 0 Å². The largest absolute Gasteiger partial charge is 0.422 e. The van der Waals surface area contributed by atoms with E-state index in [1.54, 1.807) is 6.07 Å². The lowest BCUT2D eigenvalue weighted by Crippen LogP contribution is -3.14. The molecule has 0 aliphatic carbocycles.